The summed E-state index contributed by atoms with van der Waals surface area (Å²) in [6, 6.07) is 20.3. The van der Waals surface area contributed by atoms with Gasteiger partial charge in [-0.05, 0) is 68.7 Å². The van der Waals surface area contributed by atoms with Crippen molar-refractivity contribution in [1.29, 1.82) is 0 Å². The smallest absolute Gasteiger partial charge is 0.211 e. The minimum atomic E-state index is -3.87. The van der Waals surface area contributed by atoms with Crippen LogP contribution in [0.1, 0.15) is 28.1 Å². The highest BCUT2D eigenvalue weighted by atomic mass is 32.2. The summed E-state index contributed by atoms with van der Waals surface area (Å²) in [6.45, 7) is 8.14. The van der Waals surface area contributed by atoms with Gasteiger partial charge in [0.1, 0.15) is 23.1 Å². The second-order valence-corrected chi connectivity index (χ2v) is 10.2. The van der Waals surface area contributed by atoms with Gasteiger partial charge in [-0.25, -0.2) is 18.4 Å². The van der Waals surface area contributed by atoms with Gasteiger partial charge in [-0.1, -0.05) is 48.0 Å². The Balaban J connectivity index is 1.62. The summed E-state index contributed by atoms with van der Waals surface area (Å²) in [4.78, 5) is 8.75. The lowest BCUT2D eigenvalue weighted by Crippen LogP contribution is -2.10. The first-order chi connectivity index (χ1) is 16.2. The molecule has 1 N–H and O–H groups in total. The number of anilines is 2. The molecule has 3 aromatic carbocycles. The Hall–Kier alpha value is -3.71. The number of aryl methyl sites for hydroxylation is 4. The molecular formula is C27H27N3O3S. The number of rotatable bonds is 7. The van der Waals surface area contributed by atoms with Crippen LogP contribution in [-0.4, -0.2) is 18.4 Å². The number of hydrogen-bond donors (Lipinski definition) is 1. The van der Waals surface area contributed by atoms with Crippen molar-refractivity contribution in [2.75, 3.05) is 5.32 Å². The fourth-order valence-electron chi connectivity index (χ4n) is 3.82. The number of nitrogens with zero attached hydrogens (tertiary/aromatic N) is 2. The molecule has 174 valence electrons. The molecular weight excluding hydrogens is 446 g/mol. The van der Waals surface area contributed by atoms with Crippen LogP contribution in [0.2, 0.25) is 0 Å². The highest BCUT2D eigenvalue weighted by Gasteiger charge is 2.24. The number of sulfone groups is 1. The molecule has 0 aliphatic rings. The first kappa shape index (κ1) is 23.4. The van der Waals surface area contributed by atoms with Gasteiger partial charge in [-0.15, -0.1) is 0 Å². The average Bonchev–Trinajstić information content (AvgIpc) is 2.81. The Labute approximate surface area is 200 Å². The van der Waals surface area contributed by atoms with Crippen LogP contribution in [0.3, 0.4) is 0 Å². The van der Waals surface area contributed by atoms with Crippen molar-refractivity contribution in [3.05, 3.63) is 101 Å². The Morgan fingerprint density at radius 3 is 2.18 bits per heavy atom. The van der Waals surface area contributed by atoms with E-state index in [1.807, 2.05) is 63.2 Å². The number of benzene rings is 3. The van der Waals surface area contributed by atoms with Gasteiger partial charge < -0.3 is 10.1 Å². The van der Waals surface area contributed by atoms with Crippen LogP contribution in [0.5, 0.6) is 5.75 Å². The third kappa shape index (κ3) is 5.10. The van der Waals surface area contributed by atoms with E-state index < -0.39 is 9.84 Å². The molecule has 0 radical (unpaired) electrons. The van der Waals surface area contributed by atoms with Gasteiger partial charge in [-0.2, -0.15) is 0 Å². The van der Waals surface area contributed by atoms with Crippen molar-refractivity contribution in [1.82, 2.24) is 9.97 Å². The fraction of sp³-hybridized carbons (Fsp3) is 0.185. The molecule has 4 rings (SSSR count). The molecule has 0 amide bonds. The maximum atomic E-state index is 13.5. The van der Waals surface area contributed by atoms with Crippen LogP contribution in [-0.2, 0) is 16.4 Å². The van der Waals surface area contributed by atoms with Crippen LogP contribution in [0.15, 0.2) is 82.7 Å². The Morgan fingerprint density at radius 2 is 1.53 bits per heavy atom. The fourth-order valence-corrected chi connectivity index (χ4v) is 5.11. The summed E-state index contributed by atoms with van der Waals surface area (Å²) in [6.07, 6.45) is 1.36. The van der Waals surface area contributed by atoms with Gasteiger partial charge in [0, 0.05) is 5.69 Å². The van der Waals surface area contributed by atoms with E-state index in [9.17, 15) is 8.42 Å². The number of ether oxygens (including phenoxy) is 1. The summed E-state index contributed by atoms with van der Waals surface area (Å²) in [5.74, 6) is 1.33. The molecule has 34 heavy (non-hydrogen) atoms. The quantitative estimate of drug-likeness (QED) is 0.362. The molecule has 0 saturated carbocycles. The van der Waals surface area contributed by atoms with Crippen LogP contribution in [0, 0.1) is 27.7 Å². The van der Waals surface area contributed by atoms with Crippen molar-refractivity contribution < 1.29 is 13.2 Å². The maximum Gasteiger partial charge on any atom is 0.211 e. The van der Waals surface area contributed by atoms with Crippen LogP contribution in [0.25, 0.3) is 0 Å². The molecule has 0 spiro atoms. The van der Waals surface area contributed by atoms with Crippen molar-refractivity contribution >= 4 is 21.3 Å². The zero-order chi connectivity index (χ0) is 24.3. The van der Waals surface area contributed by atoms with Gasteiger partial charge in [0.05, 0.1) is 11.1 Å². The minimum Gasteiger partial charge on any atom is -0.489 e. The second kappa shape index (κ2) is 9.65. The molecule has 4 aromatic rings. The topological polar surface area (TPSA) is 81.2 Å². The Morgan fingerprint density at radius 1 is 0.882 bits per heavy atom. The van der Waals surface area contributed by atoms with Crippen molar-refractivity contribution in [2.24, 2.45) is 0 Å². The van der Waals surface area contributed by atoms with E-state index in [0.29, 0.717) is 18.2 Å². The van der Waals surface area contributed by atoms with Gasteiger partial charge in [0.25, 0.3) is 0 Å². The third-order valence-corrected chi connectivity index (χ3v) is 7.24. The van der Waals surface area contributed by atoms with E-state index >= 15 is 0 Å². The van der Waals surface area contributed by atoms with E-state index in [2.05, 4.69) is 15.3 Å². The summed E-state index contributed by atoms with van der Waals surface area (Å²) in [5.41, 5.74) is 5.04. The van der Waals surface area contributed by atoms with E-state index in [1.54, 1.807) is 31.2 Å². The first-order valence-corrected chi connectivity index (χ1v) is 12.4. The highest BCUT2D eigenvalue weighted by Crippen LogP contribution is 2.32. The van der Waals surface area contributed by atoms with Crippen LogP contribution in [0.4, 0.5) is 11.5 Å². The van der Waals surface area contributed by atoms with Crippen LogP contribution >= 0.6 is 0 Å². The standard InChI is InChI=1S/C27H27N3O3S/c1-18-14-19(2)26(20(3)15-18)30-27-25(16-28-21(4)29-27)34(31,32)24-12-10-23(11-13-24)33-17-22-8-6-5-7-9-22/h5-16H,17H2,1-4H3,(H,28,29,30). The molecule has 0 saturated heterocycles. The monoisotopic (exact) mass is 473 g/mol. The van der Waals surface area contributed by atoms with Gasteiger partial charge in [-0.3, -0.25) is 0 Å². The van der Waals surface area contributed by atoms with Crippen molar-refractivity contribution in [3.63, 3.8) is 0 Å². The lowest BCUT2D eigenvalue weighted by atomic mass is 10.1. The van der Waals surface area contributed by atoms with Crippen LogP contribution < -0.4 is 10.1 Å². The van der Waals surface area contributed by atoms with Crippen molar-refractivity contribution in [3.8, 4) is 5.75 Å². The summed E-state index contributed by atoms with van der Waals surface area (Å²) < 4.78 is 32.8. The molecule has 0 unspecified atom stereocenters. The van der Waals surface area contributed by atoms with E-state index in [4.69, 9.17) is 4.74 Å². The number of nitrogens with one attached hydrogen (secondary N) is 1. The zero-order valence-corrected chi connectivity index (χ0v) is 20.5. The van der Waals surface area contributed by atoms with Gasteiger partial charge >= 0.3 is 0 Å². The normalized spacial score (nSPS) is 11.3. The molecule has 0 atom stereocenters. The molecule has 0 aliphatic carbocycles. The average molecular weight is 474 g/mol. The second-order valence-electron chi connectivity index (χ2n) is 8.28. The van der Waals surface area contributed by atoms with E-state index in [0.717, 1.165) is 27.9 Å². The van der Waals surface area contributed by atoms with E-state index in [1.165, 1.54) is 6.20 Å². The molecule has 1 aromatic heterocycles. The Bertz CT molecular complexity index is 1390. The highest BCUT2D eigenvalue weighted by molar-refractivity contribution is 7.91. The first-order valence-electron chi connectivity index (χ1n) is 10.9. The molecule has 1 heterocycles. The third-order valence-electron chi connectivity index (χ3n) is 5.47. The summed E-state index contributed by atoms with van der Waals surface area (Å²) >= 11 is 0. The minimum absolute atomic E-state index is 0.0235. The Kier molecular flexibility index (Phi) is 6.65. The van der Waals surface area contributed by atoms with Crippen molar-refractivity contribution in [2.45, 2.75) is 44.1 Å². The van der Waals surface area contributed by atoms with Gasteiger partial charge in [0.15, 0.2) is 5.82 Å². The molecule has 6 nitrogen and oxygen atoms in total. The number of aromatic nitrogens is 2. The lowest BCUT2D eigenvalue weighted by Gasteiger charge is -2.16. The SMILES string of the molecule is Cc1cc(C)c(Nc2nc(C)ncc2S(=O)(=O)c2ccc(OCc3ccccc3)cc2)c(C)c1. The van der Waals surface area contributed by atoms with Gasteiger partial charge in [0.2, 0.25) is 9.84 Å². The zero-order valence-electron chi connectivity index (χ0n) is 19.7. The lowest BCUT2D eigenvalue weighted by molar-refractivity contribution is 0.306. The predicted octanol–water partition coefficient (Wildman–Crippen LogP) is 5.87. The summed E-state index contributed by atoms with van der Waals surface area (Å²) in [5, 5.41) is 3.25. The number of hydrogen-bond acceptors (Lipinski definition) is 6. The molecule has 0 bridgehead atoms. The maximum absolute atomic E-state index is 13.5. The molecule has 7 heteroatoms. The molecule has 0 aliphatic heterocycles. The molecule has 0 fully saturated rings. The predicted molar refractivity (Wildman–Crippen MR) is 133 cm³/mol. The largest absolute Gasteiger partial charge is 0.489 e. The summed E-state index contributed by atoms with van der Waals surface area (Å²) in [7, 11) is -3.87. The van der Waals surface area contributed by atoms with E-state index in [-0.39, 0.29) is 15.6 Å².